The zero-order valence-corrected chi connectivity index (χ0v) is 8.87. The van der Waals surface area contributed by atoms with Crippen molar-refractivity contribution in [3.05, 3.63) is 5.82 Å². The van der Waals surface area contributed by atoms with Crippen LogP contribution in [-0.4, -0.2) is 27.4 Å². The van der Waals surface area contributed by atoms with Crippen molar-refractivity contribution in [2.24, 2.45) is 0 Å². The van der Waals surface area contributed by atoms with E-state index in [1.54, 1.807) is 6.92 Å². The summed E-state index contributed by atoms with van der Waals surface area (Å²) >= 11 is 0. The predicted octanol–water partition coefficient (Wildman–Crippen LogP) is 1.34. The lowest BCUT2D eigenvalue weighted by atomic mass is 9.95. The Morgan fingerprint density at radius 3 is 2.71 bits per heavy atom. The molecular formula is C9H17N3O2. The summed E-state index contributed by atoms with van der Waals surface area (Å²) in [6.07, 6.45) is 1.54. The van der Waals surface area contributed by atoms with Gasteiger partial charge in [0.1, 0.15) is 0 Å². The Bertz CT molecular complexity index is 287. The molecule has 5 nitrogen and oxygen atoms in total. The summed E-state index contributed by atoms with van der Waals surface area (Å²) in [5, 5.41) is 15.7. The Morgan fingerprint density at radius 2 is 2.29 bits per heavy atom. The first-order valence-electron chi connectivity index (χ1n) is 4.79. The van der Waals surface area contributed by atoms with Crippen molar-refractivity contribution in [1.82, 2.24) is 10.1 Å². The maximum atomic E-state index is 8.91. The molecule has 0 spiro atoms. The van der Waals surface area contributed by atoms with Gasteiger partial charge in [0.15, 0.2) is 5.82 Å². The van der Waals surface area contributed by atoms with Crippen LogP contribution in [0.4, 0.5) is 6.01 Å². The quantitative estimate of drug-likeness (QED) is 0.748. The second-order valence-electron chi connectivity index (χ2n) is 3.66. The number of hydrogen-bond donors (Lipinski definition) is 2. The average Bonchev–Trinajstić information content (AvgIpc) is 2.51. The first-order chi connectivity index (χ1) is 6.59. The van der Waals surface area contributed by atoms with E-state index >= 15 is 0 Å². The van der Waals surface area contributed by atoms with Crippen LogP contribution in [0.3, 0.4) is 0 Å². The molecule has 0 aliphatic rings. The zero-order chi connectivity index (χ0) is 10.6. The summed E-state index contributed by atoms with van der Waals surface area (Å²) < 4.78 is 4.95. The van der Waals surface area contributed by atoms with Gasteiger partial charge in [0.2, 0.25) is 0 Å². The van der Waals surface area contributed by atoms with Crippen LogP contribution < -0.4 is 5.32 Å². The average molecular weight is 199 g/mol. The number of rotatable bonds is 5. The molecule has 0 saturated heterocycles. The molecule has 0 bridgehead atoms. The van der Waals surface area contributed by atoms with Crippen molar-refractivity contribution in [2.75, 3.05) is 11.9 Å². The van der Waals surface area contributed by atoms with Crippen LogP contribution in [0.15, 0.2) is 4.52 Å². The van der Waals surface area contributed by atoms with E-state index in [1.807, 2.05) is 13.8 Å². The van der Waals surface area contributed by atoms with E-state index in [0.29, 0.717) is 18.3 Å². The minimum atomic E-state index is -0.187. The highest BCUT2D eigenvalue weighted by Crippen LogP contribution is 2.20. The molecule has 1 rings (SSSR count). The number of aryl methyl sites for hydroxylation is 1. The first kappa shape index (κ1) is 11.0. The Balaban J connectivity index is 2.64. The molecule has 1 aromatic rings. The van der Waals surface area contributed by atoms with E-state index in [2.05, 4.69) is 15.5 Å². The van der Waals surface area contributed by atoms with Crippen molar-refractivity contribution >= 4 is 6.01 Å². The topological polar surface area (TPSA) is 71.2 Å². The molecule has 0 amide bonds. The van der Waals surface area contributed by atoms with Crippen molar-refractivity contribution in [3.63, 3.8) is 0 Å². The summed E-state index contributed by atoms with van der Waals surface area (Å²) in [6, 6.07) is 0.417. The highest BCUT2D eigenvalue weighted by molar-refractivity contribution is 5.23. The molecular weight excluding hydrogens is 182 g/mol. The number of anilines is 1. The highest BCUT2D eigenvalue weighted by atomic mass is 16.5. The molecule has 0 fully saturated rings. The second-order valence-corrected chi connectivity index (χ2v) is 3.66. The number of hydrogen-bond acceptors (Lipinski definition) is 5. The van der Waals surface area contributed by atoms with Crippen LogP contribution in [0, 0.1) is 6.92 Å². The van der Waals surface area contributed by atoms with Gasteiger partial charge in [0.25, 0.3) is 0 Å². The lowest BCUT2D eigenvalue weighted by molar-refractivity contribution is 0.249. The molecule has 80 valence electrons. The fraction of sp³-hybridized carbons (Fsp3) is 0.778. The van der Waals surface area contributed by atoms with Gasteiger partial charge in [-0.1, -0.05) is 12.1 Å². The lowest BCUT2D eigenvalue weighted by Crippen LogP contribution is -2.35. The molecule has 0 radical (unpaired) electrons. The summed E-state index contributed by atoms with van der Waals surface area (Å²) in [5.74, 6) is 0.606. The number of aromatic nitrogens is 2. The second kappa shape index (κ2) is 4.41. The van der Waals surface area contributed by atoms with Crippen molar-refractivity contribution in [1.29, 1.82) is 0 Å². The SMILES string of the molecule is CCC(C)(CCO)Nc1nc(C)no1. The number of aliphatic hydroxyl groups is 1. The largest absolute Gasteiger partial charge is 0.396 e. The van der Waals surface area contributed by atoms with Gasteiger partial charge in [0.05, 0.1) is 0 Å². The first-order valence-corrected chi connectivity index (χ1v) is 4.79. The summed E-state index contributed by atoms with van der Waals surface area (Å²) in [4.78, 5) is 4.06. The fourth-order valence-electron chi connectivity index (χ4n) is 1.18. The van der Waals surface area contributed by atoms with Crippen LogP contribution in [0.5, 0.6) is 0 Å². The van der Waals surface area contributed by atoms with Gasteiger partial charge in [0, 0.05) is 12.1 Å². The molecule has 0 aliphatic heterocycles. The maximum Gasteiger partial charge on any atom is 0.321 e. The summed E-state index contributed by atoms with van der Waals surface area (Å²) in [5.41, 5.74) is -0.187. The van der Waals surface area contributed by atoms with Gasteiger partial charge in [-0.25, -0.2) is 0 Å². The Morgan fingerprint density at radius 1 is 1.57 bits per heavy atom. The van der Waals surface area contributed by atoms with E-state index < -0.39 is 0 Å². The van der Waals surface area contributed by atoms with Gasteiger partial charge in [-0.3, -0.25) is 0 Å². The lowest BCUT2D eigenvalue weighted by Gasteiger charge is -2.27. The highest BCUT2D eigenvalue weighted by Gasteiger charge is 2.23. The van der Waals surface area contributed by atoms with Gasteiger partial charge < -0.3 is 14.9 Å². The van der Waals surface area contributed by atoms with Gasteiger partial charge in [-0.05, 0) is 26.7 Å². The van der Waals surface area contributed by atoms with Crippen LogP contribution in [0.1, 0.15) is 32.5 Å². The Hall–Kier alpha value is -1.10. The molecule has 5 heteroatoms. The van der Waals surface area contributed by atoms with Crippen LogP contribution >= 0.6 is 0 Å². The maximum absolute atomic E-state index is 8.91. The summed E-state index contributed by atoms with van der Waals surface area (Å²) in [7, 11) is 0. The molecule has 0 saturated carbocycles. The Labute approximate surface area is 83.5 Å². The monoisotopic (exact) mass is 199 g/mol. The standard InChI is InChI=1S/C9H17N3O2/c1-4-9(3,5-6-13)11-8-10-7(2)12-14-8/h13H,4-6H2,1-3H3,(H,10,11,12). The van der Waals surface area contributed by atoms with Gasteiger partial charge in [-0.15, -0.1) is 0 Å². The molecule has 0 aliphatic carbocycles. The normalized spacial score (nSPS) is 15.1. The van der Waals surface area contributed by atoms with E-state index in [-0.39, 0.29) is 12.1 Å². The van der Waals surface area contributed by atoms with Crippen molar-refractivity contribution < 1.29 is 9.63 Å². The van der Waals surface area contributed by atoms with Crippen LogP contribution in [0.25, 0.3) is 0 Å². The van der Waals surface area contributed by atoms with E-state index in [1.165, 1.54) is 0 Å². The van der Waals surface area contributed by atoms with Crippen molar-refractivity contribution in [3.8, 4) is 0 Å². The van der Waals surface area contributed by atoms with Crippen LogP contribution in [-0.2, 0) is 0 Å². The predicted molar refractivity (Wildman–Crippen MR) is 53.1 cm³/mol. The molecule has 1 atom stereocenters. The molecule has 1 heterocycles. The zero-order valence-electron chi connectivity index (χ0n) is 8.87. The number of aliphatic hydroxyl groups excluding tert-OH is 1. The third-order valence-corrected chi connectivity index (χ3v) is 2.38. The molecule has 0 aromatic carbocycles. The molecule has 14 heavy (non-hydrogen) atoms. The molecule has 1 aromatic heterocycles. The van der Waals surface area contributed by atoms with Gasteiger partial charge >= 0.3 is 6.01 Å². The molecule has 1 unspecified atom stereocenters. The minimum Gasteiger partial charge on any atom is -0.396 e. The number of nitrogens with zero attached hydrogens (tertiary/aromatic N) is 2. The van der Waals surface area contributed by atoms with Crippen molar-refractivity contribution in [2.45, 2.75) is 39.2 Å². The van der Waals surface area contributed by atoms with Crippen LogP contribution in [0.2, 0.25) is 0 Å². The Kier molecular flexibility index (Phi) is 3.46. The smallest absolute Gasteiger partial charge is 0.321 e. The fourth-order valence-corrected chi connectivity index (χ4v) is 1.18. The van der Waals surface area contributed by atoms with Gasteiger partial charge in [-0.2, -0.15) is 4.98 Å². The molecule has 2 N–H and O–H groups in total. The third kappa shape index (κ3) is 2.70. The minimum absolute atomic E-state index is 0.143. The summed E-state index contributed by atoms with van der Waals surface area (Å²) in [6.45, 7) is 5.98. The number of nitrogens with one attached hydrogen (secondary N) is 1. The van der Waals surface area contributed by atoms with E-state index in [9.17, 15) is 0 Å². The van der Waals surface area contributed by atoms with E-state index in [4.69, 9.17) is 9.63 Å². The third-order valence-electron chi connectivity index (χ3n) is 2.38. The van der Waals surface area contributed by atoms with E-state index in [0.717, 1.165) is 6.42 Å².